The van der Waals surface area contributed by atoms with E-state index in [1.807, 2.05) is 20.8 Å². The molecule has 116 valence electrons. The van der Waals surface area contributed by atoms with Crippen LogP contribution in [0.5, 0.6) is 5.75 Å². The maximum atomic E-state index is 12.2. The van der Waals surface area contributed by atoms with Crippen LogP contribution < -0.4 is 15.4 Å². The Hall–Kier alpha value is -2.63. The predicted molar refractivity (Wildman–Crippen MR) is 86.4 cm³/mol. The number of ether oxygens (including phenoxy) is 1. The van der Waals surface area contributed by atoms with Gasteiger partial charge in [0, 0.05) is 17.4 Å². The maximum Gasteiger partial charge on any atom is 0.274 e. The van der Waals surface area contributed by atoms with Crippen molar-refractivity contribution in [2.24, 2.45) is 0 Å². The van der Waals surface area contributed by atoms with Gasteiger partial charge in [0.05, 0.1) is 7.11 Å². The molecule has 0 saturated heterocycles. The Morgan fingerprint density at radius 3 is 2.41 bits per heavy atom. The molecule has 2 aromatic rings. The molecule has 0 saturated carbocycles. The molecule has 2 N–H and O–H groups in total. The number of carbonyl (C=O) groups is 1. The van der Waals surface area contributed by atoms with E-state index in [4.69, 9.17) is 4.74 Å². The SMILES string of the molecule is COc1ccc(NC(=O)c2ccnc(NC(C)(C)C)n2)cc1. The minimum absolute atomic E-state index is 0.176. The Bertz CT molecular complexity index is 648. The van der Waals surface area contributed by atoms with Crippen LogP contribution in [0.25, 0.3) is 0 Å². The topological polar surface area (TPSA) is 76.1 Å². The zero-order valence-electron chi connectivity index (χ0n) is 13.2. The summed E-state index contributed by atoms with van der Waals surface area (Å²) in [5, 5.41) is 5.92. The highest BCUT2D eigenvalue weighted by atomic mass is 16.5. The van der Waals surface area contributed by atoms with Gasteiger partial charge in [0.2, 0.25) is 5.95 Å². The number of hydrogen-bond acceptors (Lipinski definition) is 5. The lowest BCUT2D eigenvalue weighted by molar-refractivity contribution is 0.102. The second-order valence-electron chi connectivity index (χ2n) is 5.82. The smallest absolute Gasteiger partial charge is 0.274 e. The Balaban J connectivity index is 2.10. The lowest BCUT2D eigenvalue weighted by Crippen LogP contribution is -2.28. The third-order valence-electron chi connectivity index (χ3n) is 2.72. The summed E-state index contributed by atoms with van der Waals surface area (Å²) in [5.41, 5.74) is 0.803. The minimum atomic E-state index is -0.287. The number of nitrogens with zero attached hydrogens (tertiary/aromatic N) is 2. The van der Waals surface area contributed by atoms with E-state index in [1.54, 1.807) is 43.6 Å². The first-order valence-electron chi connectivity index (χ1n) is 6.94. The van der Waals surface area contributed by atoms with Crippen LogP contribution in [-0.2, 0) is 0 Å². The predicted octanol–water partition coefficient (Wildman–Crippen LogP) is 2.95. The van der Waals surface area contributed by atoms with Gasteiger partial charge < -0.3 is 15.4 Å². The molecule has 0 spiro atoms. The zero-order chi connectivity index (χ0) is 16.2. The van der Waals surface area contributed by atoms with Crippen LogP contribution in [0.3, 0.4) is 0 Å². The summed E-state index contributed by atoms with van der Waals surface area (Å²) in [6, 6.07) is 8.68. The van der Waals surface area contributed by atoms with E-state index in [9.17, 15) is 4.79 Å². The fraction of sp³-hybridized carbons (Fsp3) is 0.312. The van der Waals surface area contributed by atoms with Gasteiger partial charge in [-0.25, -0.2) is 9.97 Å². The van der Waals surface area contributed by atoms with Gasteiger partial charge in [-0.3, -0.25) is 4.79 Å². The van der Waals surface area contributed by atoms with Crippen LogP contribution in [0.2, 0.25) is 0 Å². The minimum Gasteiger partial charge on any atom is -0.497 e. The third-order valence-corrected chi connectivity index (χ3v) is 2.72. The second kappa shape index (κ2) is 6.43. The molecule has 0 radical (unpaired) electrons. The van der Waals surface area contributed by atoms with Crippen LogP contribution >= 0.6 is 0 Å². The van der Waals surface area contributed by atoms with Gasteiger partial charge in [-0.15, -0.1) is 0 Å². The van der Waals surface area contributed by atoms with E-state index in [0.29, 0.717) is 17.3 Å². The van der Waals surface area contributed by atoms with Crippen molar-refractivity contribution in [3.8, 4) is 5.75 Å². The fourth-order valence-electron chi connectivity index (χ4n) is 1.75. The Morgan fingerprint density at radius 1 is 1.14 bits per heavy atom. The van der Waals surface area contributed by atoms with Gasteiger partial charge >= 0.3 is 0 Å². The van der Waals surface area contributed by atoms with Gasteiger partial charge in [0.15, 0.2) is 0 Å². The van der Waals surface area contributed by atoms with Crippen LogP contribution in [0.15, 0.2) is 36.5 Å². The maximum absolute atomic E-state index is 12.2. The second-order valence-corrected chi connectivity index (χ2v) is 5.82. The van der Waals surface area contributed by atoms with Crippen molar-refractivity contribution in [2.75, 3.05) is 17.7 Å². The summed E-state index contributed by atoms with van der Waals surface area (Å²) in [4.78, 5) is 20.6. The Kier molecular flexibility index (Phi) is 4.60. The molecule has 0 aliphatic carbocycles. The third kappa shape index (κ3) is 4.44. The number of nitrogens with one attached hydrogen (secondary N) is 2. The molecule has 1 aromatic carbocycles. The molecule has 22 heavy (non-hydrogen) atoms. The van der Waals surface area contributed by atoms with Crippen LogP contribution in [-0.4, -0.2) is 28.5 Å². The van der Waals surface area contributed by atoms with E-state index in [2.05, 4.69) is 20.6 Å². The van der Waals surface area contributed by atoms with E-state index in [-0.39, 0.29) is 11.4 Å². The molecule has 0 unspecified atom stereocenters. The number of aromatic nitrogens is 2. The molecule has 6 nitrogen and oxygen atoms in total. The van der Waals surface area contributed by atoms with Gasteiger partial charge in [-0.05, 0) is 51.1 Å². The molecule has 1 aromatic heterocycles. The highest BCUT2D eigenvalue weighted by Crippen LogP contribution is 2.16. The number of carbonyl (C=O) groups excluding carboxylic acids is 1. The lowest BCUT2D eigenvalue weighted by Gasteiger charge is -2.20. The normalized spacial score (nSPS) is 10.9. The number of rotatable bonds is 4. The number of benzene rings is 1. The highest BCUT2D eigenvalue weighted by Gasteiger charge is 2.14. The van der Waals surface area contributed by atoms with E-state index < -0.39 is 0 Å². The summed E-state index contributed by atoms with van der Waals surface area (Å²) in [7, 11) is 1.60. The molecule has 1 heterocycles. The molecule has 2 rings (SSSR count). The monoisotopic (exact) mass is 300 g/mol. The number of amides is 1. The summed E-state index contributed by atoms with van der Waals surface area (Å²) in [5.74, 6) is 0.871. The van der Waals surface area contributed by atoms with Crippen LogP contribution in [0.1, 0.15) is 31.3 Å². The Morgan fingerprint density at radius 2 is 1.82 bits per heavy atom. The number of anilines is 2. The molecule has 0 aliphatic heterocycles. The first-order chi connectivity index (χ1) is 10.4. The zero-order valence-corrected chi connectivity index (χ0v) is 13.2. The Labute approximate surface area is 129 Å². The lowest BCUT2D eigenvalue weighted by atomic mass is 10.1. The van der Waals surface area contributed by atoms with Crippen LogP contribution in [0, 0.1) is 0 Å². The van der Waals surface area contributed by atoms with Crippen molar-refractivity contribution in [2.45, 2.75) is 26.3 Å². The molecule has 0 aliphatic rings. The van der Waals surface area contributed by atoms with Gasteiger partial charge in [0.25, 0.3) is 5.91 Å². The molecular formula is C16H20N4O2. The highest BCUT2D eigenvalue weighted by molar-refractivity contribution is 6.02. The molecule has 0 bridgehead atoms. The van der Waals surface area contributed by atoms with Crippen molar-refractivity contribution in [3.63, 3.8) is 0 Å². The van der Waals surface area contributed by atoms with Crippen LogP contribution in [0.4, 0.5) is 11.6 Å². The summed E-state index contributed by atoms with van der Waals surface area (Å²) in [6.07, 6.45) is 1.56. The largest absolute Gasteiger partial charge is 0.497 e. The van der Waals surface area contributed by atoms with E-state index in [0.717, 1.165) is 5.75 Å². The van der Waals surface area contributed by atoms with E-state index >= 15 is 0 Å². The molecular weight excluding hydrogens is 280 g/mol. The summed E-state index contributed by atoms with van der Waals surface area (Å²) < 4.78 is 5.08. The van der Waals surface area contributed by atoms with Crippen molar-refractivity contribution in [3.05, 3.63) is 42.2 Å². The van der Waals surface area contributed by atoms with Crippen molar-refractivity contribution in [1.82, 2.24) is 9.97 Å². The van der Waals surface area contributed by atoms with Gasteiger partial charge in [-0.2, -0.15) is 0 Å². The quantitative estimate of drug-likeness (QED) is 0.908. The molecule has 0 atom stereocenters. The van der Waals surface area contributed by atoms with Crippen molar-refractivity contribution in [1.29, 1.82) is 0 Å². The summed E-state index contributed by atoms with van der Waals surface area (Å²) >= 11 is 0. The van der Waals surface area contributed by atoms with Crippen molar-refractivity contribution < 1.29 is 9.53 Å². The average Bonchev–Trinajstić information content (AvgIpc) is 2.46. The first-order valence-corrected chi connectivity index (χ1v) is 6.94. The number of methoxy groups -OCH3 is 1. The van der Waals surface area contributed by atoms with Gasteiger partial charge in [-0.1, -0.05) is 0 Å². The molecule has 6 heteroatoms. The molecule has 0 fully saturated rings. The number of hydrogen-bond donors (Lipinski definition) is 2. The molecule has 1 amide bonds. The van der Waals surface area contributed by atoms with E-state index in [1.165, 1.54) is 0 Å². The van der Waals surface area contributed by atoms with Crippen molar-refractivity contribution >= 4 is 17.5 Å². The summed E-state index contributed by atoms with van der Waals surface area (Å²) in [6.45, 7) is 6.00. The standard InChI is InChI=1S/C16H20N4O2/c1-16(2,3)20-15-17-10-9-13(19-15)14(21)18-11-5-7-12(22-4)8-6-11/h5-10H,1-4H3,(H,18,21)(H,17,19,20). The average molecular weight is 300 g/mol. The van der Waals surface area contributed by atoms with Gasteiger partial charge in [0.1, 0.15) is 11.4 Å². The fourth-order valence-corrected chi connectivity index (χ4v) is 1.75. The first kappa shape index (κ1) is 15.8.